The maximum Gasteiger partial charge on any atom is 0.582 e. The summed E-state index contributed by atoms with van der Waals surface area (Å²) in [6.45, 7) is 3.42. The lowest BCUT2D eigenvalue weighted by Gasteiger charge is -2.45. The first-order valence-corrected chi connectivity index (χ1v) is 14.4. The second kappa shape index (κ2) is 15.5. The molecule has 0 spiro atoms. The van der Waals surface area contributed by atoms with Gasteiger partial charge >= 0.3 is 56.1 Å². The lowest BCUT2D eigenvalue weighted by Crippen LogP contribution is -2.78. The lowest BCUT2D eigenvalue weighted by atomic mass is 9.90. The van der Waals surface area contributed by atoms with Crippen molar-refractivity contribution in [3.8, 4) is 0 Å². The first kappa shape index (κ1) is 44.0. The Hall–Kier alpha value is -1.09. The Labute approximate surface area is 237 Å². The summed E-state index contributed by atoms with van der Waals surface area (Å²) < 4.78 is 245. The Morgan fingerprint density at radius 1 is 0.419 bits per heavy atom. The van der Waals surface area contributed by atoms with Gasteiger partial charge in [0.15, 0.2) is 0 Å². The van der Waals surface area contributed by atoms with Crippen molar-refractivity contribution < 1.29 is 87.9 Å². The van der Waals surface area contributed by atoms with Crippen molar-refractivity contribution >= 4 is 8.80 Å². The van der Waals surface area contributed by atoms with E-state index in [0.29, 0.717) is 0 Å². The van der Waals surface area contributed by atoms with Gasteiger partial charge in [0.05, 0.1) is 0 Å². The molecule has 0 aromatic heterocycles. The SMILES string of the molecule is CCCCCC.CCO[Si](OCC)(OCC)C(F)(F)C(F)(F)C(F)(F)C(F)(F)C(F)(F)C(F)(F)C(F)(F)CCC(F)(F)F. The zero-order valence-electron chi connectivity index (χ0n) is 23.5. The Kier molecular flexibility index (Phi) is 15.8. The smallest absolute Gasteiger partial charge is 0.370 e. The summed E-state index contributed by atoms with van der Waals surface area (Å²) in [7, 11) is -6.62. The van der Waals surface area contributed by atoms with E-state index in [0.717, 1.165) is 20.8 Å². The van der Waals surface area contributed by atoms with E-state index < -0.39 is 88.7 Å². The van der Waals surface area contributed by atoms with Crippen molar-refractivity contribution in [1.82, 2.24) is 0 Å². The number of halogens is 17. The van der Waals surface area contributed by atoms with Crippen LogP contribution in [0.25, 0.3) is 0 Å². The minimum Gasteiger partial charge on any atom is -0.370 e. The minimum absolute atomic E-state index is 0.762. The second-order valence-corrected chi connectivity index (χ2v) is 11.4. The van der Waals surface area contributed by atoms with Gasteiger partial charge in [0.1, 0.15) is 0 Å². The highest BCUT2D eigenvalue weighted by Crippen LogP contribution is 2.63. The van der Waals surface area contributed by atoms with Gasteiger partial charge in [-0.15, -0.1) is 0 Å². The molecule has 21 heteroatoms. The van der Waals surface area contributed by atoms with E-state index in [-0.39, 0.29) is 0 Å². The average Bonchev–Trinajstić information content (AvgIpc) is 2.85. The molecular weight excluding hydrogens is 663 g/mol. The molecule has 0 aliphatic rings. The topological polar surface area (TPSA) is 27.7 Å². The van der Waals surface area contributed by atoms with Crippen molar-refractivity contribution in [3.63, 3.8) is 0 Å². The lowest BCUT2D eigenvalue weighted by molar-refractivity contribution is -0.439. The molecule has 262 valence electrons. The van der Waals surface area contributed by atoms with E-state index >= 15 is 0 Å². The molecule has 3 nitrogen and oxygen atoms in total. The van der Waals surface area contributed by atoms with Crippen LogP contribution in [0.5, 0.6) is 0 Å². The van der Waals surface area contributed by atoms with Crippen LogP contribution in [0.3, 0.4) is 0 Å². The summed E-state index contributed by atoms with van der Waals surface area (Å²) in [6, 6.07) is 0. The molecule has 0 aliphatic carbocycles. The number of hydrogen-bond donors (Lipinski definition) is 0. The van der Waals surface area contributed by atoms with E-state index in [1.165, 1.54) is 25.7 Å². The van der Waals surface area contributed by atoms with E-state index in [1.807, 2.05) is 0 Å². The average molecular weight is 697 g/mol. The van der Waals surface area contributed by atoms with Crippen molar-refractivity contribution in [2.45, 2.75) is 120 Å². The number of alkyl halides is 17. The fourth-order valence-electron chi connectivity index (χ4n) is 3.13. The van der Waals surface area contributed by atoms with Gasteiger partial charge in [-0.3, -0.25) is 0 Å². The van der Waals surface area contributed by atoms with Gasteiger partial charge in [-0.1, -0.05) is 39.5 Å². The van der Waals surface area contributed by atoms with Crippen LogP contribution in [-0.2, 0) is 13.3 Å². The van der Waals surface area contributed by atoms with Crippen LogP contribution in [0.2, 0.25) is 0 Å². The first-order chi connectivity index (χ1) is 19.1. The molecule has 0 heterocycles. The molecule has 0 rings (SSSR count). The number of hydrogen-bond acceptors (Lipinski definition) is 3. The maximum absolute atomic E-state index is 14.7. The molecule has 0 saturated carbocycles. The van der Waals surface area contributed by atoms with E-state index in [9.17, 15) is 74.6 Å². The fourth-order valence-corrected chi connectivity index (χ4v) is 5.61. The predicted molar refractivity (Wildman–Crippen MR) is 120 cm³/mol. The van der Waals surface area contributed by atoms with E-state index in [4.69, 9.17) is 0 Å². The Bertz CT molecular complexity index is 798. The quantitative estimate of drug-likeness (QED) is 0.0812. The number of rotatable bonds is 18. The molecule has 43 heavy (non-hydrogen) atoms. The van der Waals surface area contributed by atoms with Crippen LogP contribution in [0.4, 0.5) is 74.6 Å². The van der Waals surface area contributed by atoms with Gasteiger partial charge in [0.2, 0.25) is 0 Å². The summed E-state index contributed by atoms with van der Waals surface area (Å²) in [6.07, 6.45) is -6.66. The zero-order chi connectivity index (χ0) is 35.0. The monoisotopic (exact) mass is 696 g/mol. The summed E-state index contributed by atoms with van der Waals surface area (Å²) in [4.78, 5) is 0. The Morgan fingerprint density at radius 3 is 1.00 bits per heavy atom. The fraction of sp³-hybridized carbons (Fsp3) is 1.00. The summed E-state index contributed by atoms with van der Waals surface area (Å²) in [5, 5.41) is 0. The van der Waals surface area contributed by atoms with Crippen molar-refractivity contribution in [2.24, 2.45) is 0 Å². The number of unbranched alkanes of at least 4 members (excludes halogenated alkanes) is 3. The molecule has 0 aromatic rings. The van der Waals surface area contributed by atoms with E-state index in [2.05, 4.69) is 27.1 Å². The molecular formula is C22H33F17O3Si. The van der Waals surface area contributed by atoms with E-state index in [1.54, 1.807) is 0 Å². The van der Waals surface area contributed by atoms with Crippen LogP contribution in [0.1, 0.15) is 73.1 Å². The summed E-state index contributed by atoms with van der Waals surface area (Å²) >= 11 is 0. The van der Waals surface area contributed by atoms with Gasteiger partial charge in [-0.2, -0.15) is 74.6 Å². The molecule has 0 bridgehead atoms. The first-order valence-electron chi connectivity index (χ1n) is 12.7. The Balaban J connectivity index is 0. The largest absolute Gasteiger partial charge is 0.582 e. The zero-order valence-corrected chi connectivity index (χ0v) is 24.5. The minimum atomic E-state index is -8.44. The second-order valence-electron chi connectivity index (χ2n) is 8.83. The van der Waals surface area contributed by atoms with Crippen LogP contribution >= 0.6 is 0 Å². The summed E-state index contributed by atoms with van der Waals surface area (Å²) in [5.41, 5.74) is -6.79. The maximum atomic E-state index is 14.7. The van der Waals surface area contributed by atoms with Crippen LogP contribution < -0.4 is 0 Å². The van der Waals surface area contributed by atoms with Gasteiger partial charge in [-0.25, -0.2) is 0 Å². The molecule has 0 aromatic carbocycles. The Morgan fingerprint density at radius 2 is 0.721 bits per heavy atom. The molecule has 0 aliphatic heterocycles. The molecule has 0 fully saturated rings. The highest BCUT2D eigenvalue weighted by Gasteiger charge is 2.95. The molecule has 0 atom stereocenters. The molecule has 0 N–H and O–H groups in total. The van der Waals surface area contributed by atoms with Crippen LogP contribution in [-0.4, -0.2) is 75.9 Å². The van der Waals surface area contributed by atoms with Gasteiger partial charge in [0, 0.05) is 32.7 Å². The predicted octanol–water partition coefficient (Wildman–Crippen LogP) is 9.95. The highest BCUT2D eigenvalue weighted by atomic mass is 28.4. The van der Waals surface area contributed by atoms with Crippen LogP contribution in [0.15, 0.2) is 0 Å². The van der Waals surface area contributed by atoms with Gasteiger partial charge in [0.25, 0.3) is 0 Å². The van der Waals surface area contributed by atoms with Gasteiger partial charge in [-0.05, 0) is 20.8 Å². The van der Waals surface area contributed by atoms with Gasteiger partial charge < -0.3 is 13.3 Å². The molecule has 0 unspecified atom stereocenters. The third-order valence-corrected chi connectivity index (χ3v) is 8.59. The standard InChI is InChI=1S/C16H19F17O3Si.C6H14/c1-4-34-37(35-5-2,36-6-3)16(32,33)15(30,31)14(28,29)13(26,27)12(24,25)11(22,23)9(17,18)7-8-10(19,20)21;1-3-5-6-4-2/h4-8H2,1-3H3;3-6H2,1-2H3. The van der Waals surface area contributed by atoms with Crippen molar-refractivity contribution in [2.75, 3.05) is 19.8 Å². The third-order valence-electron chi connectivity index (χ3n) is 5.50. The molecule has 0 amide bonds. The van der Waals surface area contributed by atoms with Crippen molar-refractivity contribution in [3.05, 3.63) is 0 Å². The third kappa shape index (κ3) is 8.80. The molecule has 0 saturated heterocycles. The summed E-state index contributed by atoms with van der Waals surface area (Å²) in [5.74, 6) is -47.6. The highest BCUT2D eigenvalue weighted by molar-refractivity contribution is 6.63. The van der Waals surface area contributed by atoms with Crippen molar-refractivity contribution in [1.29, 1.82) is 0 Å². The normalized spacial score (nSPS) is 14.9. The van der Waals surface area contributed by atoms with Crippen LogP contribution in [0, 0.1) is 0 Å². The molecule has 0 radical (unpaired) electrons.